The fourth-order valence-electron chi connectivity index (χ4n) is 9.63. The van der Waals surface area contributed by atoms with E-state index in [-0.39, 0.29) is 34.2 Å². The van der Waals surface area contributed by atoms with Gasteiger partial charge in [0.1, 0.15) is 17.6 Å². The third-order valence-electron chi connectivity index (χ3n) is 11.2. The van der Waals surface area contributed by atoms with E-state index in [0.717, 1.165) is 43.6 Å². The quantitative estimate of drug-likeness (QED) is 0.385. The van der Waals surface area contributed by atoms with Crippen LogP contribution in [-0.2, 0) is 16.1 Å². The molecule has 6 rings (SSSR count). The highest BCUT2D eigenvalue weighted by atomic mass is 35.5. The minimum atomic E-state index is -0.572. The summed E-state index contributed by atoms with van der Waals surface area (Å²) in [6, 6.07) is 3.14. The average molecular weight is 546 g/mol. The molecule has 4 saturated carbocycles. The van der Waals surface area contributed by atoms with Gasteiger partial charge in [-0.1, -0.05) is 45.7 Å². The Hall–Kier alpha value is -1.53. The van der Waals surface area contributed by atoms with Crippen molar-refractivity contribution in [2.24, 2.45) is 46.3 Å². The van der Waals surface area contributed by atoms with Crippen LogP contribution in [0.3, 0.4) is 0 Å². The van der Waals surface area contributed by atoms with E-state index in [1.165, 1.54) is 49.4 Å². The maximum Gasteiger partial charge on any atom is 0.171 e. The highest BCUT2D eigenvalue weighted by molar-refractivity contribution is 6.31. The first-order valence-electron chi connectivity index (χ1n) is 15.0. The summed E-state index contributed by atoms with van der Waals surface area (Å²) in [5.74, 6) is 3.28. The van der Waals surface area contributed by atoms with E-state index in [0.29, 0.717) is 22.8 Å². The molecule has 0 N–H and O–H groups in total. The maximum absolute atomic E-state index is 14.4. The van der Waals surface area contributed by atoms with Crippen molar-refractivity contribution >= 4 is 28.4 Å². The fourth-order valence-corrected chi connectivity index (χ4v) is 9.78. The molecule has 0 aliphatic heterocycles. The number of Topliss-reactive ketones (excluding diaryl/α,β-unsaturated/α-hetero) is 1. The zero-order valence-electron chi connectivity index (χ0n) is 23.8. The minimum Gasteiger partial charge on any atom is -0.384 e. The zero-order chi connectivity index (χ0) is 27.2. The lowest BCUT2D eigenvalue weighted by molar-refractivity contribution is -0.154. The summed E-state index contributed by atoms with van der Waals surface area (Å²) in [5, 5.41) is 8.67. The van der Waals surface area contributed by atoms with Crippen molar-refractivity contribution in [3.05, 3.63) is 23.0 Å². The number of halogens is 2. The van der Waals surface area contributed by atoms with Crippen molar-refractivity contribution in [2.45, 2.75) is 92.0 Å². The van der Waals surface area contributed by atoms with Crippen LogP contribution in [0.15, 0.2) is 12.1 Å². The standard InChI is InChI=1S/C29H39ClFN3O2.C2H6/c1-17-10-13-29(16-36-3)18(14-17)4-5-19-20-6-7-22(28(20,2)12-11-21(19)29)25(35)15-34-32-24-9-8-23(30)26(31)27(24)33-34;1-2/h8-9,17-22H,4-7,10-16H2,1-3H3;1-2H3. The number of fused-ring (bicyclic) bond motifs is 6. The van der Waals surface area contributed by atoms with Crippen LogP contribution in [0.25, 0.3) is 11.0 Å². The Morgan fingerprint density at radius 2 is 1.89 bits per heavy atom. The largest absolute Gasteiger partial charge is 0.384 e. The number of ether oxygens (including phenoxy) is 1. The topological polar surface area (TPSA) is 57.0 Å². The van der Waals surface area contributed by atoms with Gasteiger partial charge in [0.25, 0.3) is 0 Å². The molecule has 0 radical (unpaired) electrons. The molecule has 0 spiro atoms. The highest BCUT2D eigenvalue weighted by Gasteiger charge is 2.62. The molecular weight excluding hydrogens is 501 g/mol. The van der Waals surface area contributed by atoms with E-state index in [2.05, 4.69) is 24.0 Å². The highest BCUT2D eigenvalue weighted by Crippen LogP contribution is 2.68. The maximum atomic E-state index is 14.4. The summed E-state index contributed by atoms with van der Waals surface area (Å²) in [7, 11) is 1.89. The van der Waals surface area contributed by atoms with E-state index in [1.807, 2.05) is 21.0 Å². The van der Waals surface area contributed by atoms with Crippen molar-refractivity contribution in [3.63, 3.8) is 0 Å². The Kier molecular flexibility index (Phi) is 7.96. The van der Waals surface area contributed by atoms with Gasteiger partial charge in [-0.15, -0.1) is 5.10 Å². The first kappa shape index (κ1) is 28.0. The molecule has 0 saturated heterocycles. The van der Waals surface area contributed by atoms with Crippen LogP contribution >= 0.6 is 11.6 Å². The van der Waals surface area contributed by atoms with Gasteiger partial charge in [-0.25, -0.2) is 4.39 Å². The second kappa shape index (κ2) is 10.8. The van der Waals surface area contributed by atoms with Crippen LogP contribution < -0.4 is 0 Å². The molecule has 210 valence electrons. The number of hydrogen-bond donors (Lipinski definition) is 0. The zero-order valence-corrected chi connectivity index (χ0v) is 24.6. The Morgan fingerprint density at radius 1 is 1.11 bits per heavy atom. The van der Waals surface area contributed by atoms with Crippen molar-refractivity contribution in [2.75, 3.05) is 13.7 Å². The van der Waals surface area contributed by atoms with Crippen molar-refractivity contribution in [1.29, 1.82) is 0 Å². The molecule has 2 aromatic rings. The van der Waals surface area contributed by atoms with Crippen molar-refractivity contribution in [3.8, 4) is 0 Å². The molecule has 1 heterocycles. The van der Waals surface area contributed by atoms with Crippen LogP contribution in [0.5, 0.6) is 0 Å². The van der Waals surface area contributed by atoms with Crippen molar-refractivity contribution in [1.82, 2.24) is 15.0 Å². The van der Waals surface area contributed by atoms with E-state index in [9.17, 15) is 9.18 Å². The van der Waals surface area contributed by atoms with E-state index >= 15 is 0 Å². The Bertz CT molecular complexity index is 1170. The number of carbonyl (C=O) groups excluding carboxylic acids is 1. The van der Waals surface area contributed by atoms with Gasteiger partial charge in [0.15, 0.2) is 11.6 Å². The van der Waals surface area contributed by atoms with Gasteiger partial charge in [0.2, 0.25) is 0 Å². The smallest absolute Gasteiger partial charge is 0.171 e. The molecule has 4 aliphatic rings. The third kappa shape index (κ3) is 4.42. The van der Waals surface area contributed by atoms with Crippen LogP contribution in [0.1, 0.15) is 85.5 Å². The summed E-state index contributed by atoms with van der Waals surface area (Å²) in [4.78, 5) is 15.0. The molecular formula is C31H45ClFN3O2. The molecule has 8 unspecified atom stereocenters. The summed E-state index contributed by atoms with van der Waals surface area (Å²) >= 11 is 5.91. The normalized spacial score (nSPS) is 38.1. The van der Waals surface area contributed by atoms with E-state index in [4.69, 9.17) is 16.3 Å². The van der Waals surface area contributed by atoms with Gasteiger partial charge in [0, 0.05) is 13.0 Å². The third-order valence-corrected chi connectivity index (χ3v) is 11.5. The Morgan fingerprint density at radius 3 is 2.66 bits per heavy atom. The van der Waals surface area contributed by atoms with Crippen LogP contribution in [0.2, 0.25) is 5.02 Å². The molecule has 8 atom stereocenters. The Labute approximate surface area is 232 Å². The van der Waals surface area contributed by atoms with Gasteiger partial charge < -0.3 is 4.74 Å². The van der Waals surface area contributed by atoms with Gasteiger partial charge in [-0.2, -0.15) is 9.90 Å². The van der Waals surface area contributed by atoms with Gasteiger partial charge in [-0.05, 0) is 104 Å². The number of hydrogen-bond acceptors (Lipinski definition) is 4. The number of carbonyl (C=O) groups is 1. The fraction of sp³-hybridized carbons (Fsp3) is 0.774. The molecule has 4 aliphatic carbocycles. The molecule has 1 aromatic heterocycles. The van der Waals surface area contributed by atoms with Crippen molar-refractivity contribution < 1.29 is 13.9 Å². The monoisotopic (exact) mass is 545 g/mol. The number of nitrogens with zero attached hydrogens (tertiary/aromatic N) is 3. The predicted octanol–water partition coefficient (Wildman–Crippen LogP) is 7.74. The molecule has 38 heavy (non-hydrogen) atoms. The van der Waals surface area contributed by atoms with Gasteiger partial charge in [-0.3, -0.25) is 4.79 Å². The lowest BCUT2D eigenvalue weighted by atomic mass is 9.44. The SMILES string of the molecule is CC.COCC12CCC(C)CC1CCC1C3CCC(C(=O)Cn4nc5ccc(Cl)c(F)c5n4)C3(C)CCC12. The van der Waals surface area contributed by atoms with E-state index in [1.54, 1.807) is 6.07 Å². The number of methoxy groups -OCH3 is 1. The summed E-state index contributed by atoms with van der Waals surface area (Å²) < 4.78 is 20.3. The lowest BCUT2D eigenvalue weighted by Gasteiger charge is -2.61. The van der Waals surface area contributed by atoms with Crippen LogP contribution in [0.4, 0.5) is 4.39 Å². The molecule has 7 heteroatoms. The first-order valence-corrected chi connectivity index (χ1v) is 15.3. The van der Waals surface area contributed by atoms with E-state index < -0.39 is 5.82 Å². The average Bonchev–Trinajstić information content (AvgIpc) is 3.48. The number of aromatic nitrogens is 3. The molecule has 1 aromatic carbocycles. The number of rotatable bonds is 5. The minimum absolute atomic E-state index is 0.0217. The number of ketones is 1. The molecule has 0 amide bonds. The summed E-state index contributed by atoms with van der Waals surface area (Å²) in [6.07, 6.45) is 11.0. The predicted molar refractivity (Wildman–Crippen MR) is 149 cm³/mol. The molecule has 5 nitrogen and oxygen atoms in total. The number of benzene rings is 1. The Balaban J connectivity index is 0.00000144. The summed E-state index contributed by atoms with van der Waals surface area (Å²) in [5.41, 5.74) is 0.927. The summed E-state index contributed by atoms with van der Waals surface area (Å²) in [6.45, 7) is 9.80. The van der Waals surface area contributed by atoms with Gasteiger partial charge >= 0.3 is 0 Å². The second-order valence-electron chi connectivity index (χ2n) is 12.8. The molecule has 4 fully saturated rings. The second-order valence-corrected chi connectivity index (χ2v) is 13.2. The first-order chi connectivity index (χ1) is 18.3. The van der Waals surface area contributed by atoms with Gasteiger partial charge in [0.05, 0.1) is 11.6 Å². The van der Waals surface area contributed by atoms with Crippen LogP contribution in [0, 0.1) is 52.2 Å². The van der Waals surface area contributed by atoms with Crippen LogP contribution in [-0.4, -0.2) is 34.5 Å². The molecule has 0 bridgehead atoms. The lowest BCUT2D eigenvalue weighted by Crippen LogP contribution is -2.56.